The minimum Gasteiger partial charge on any atom is -0.497 e. The molecular weight excluding hydrogens is 302 g/mol. The molecule has 7 nitrogen and oxygen atoms in total. The van der Waals surface area contributed by atoms with Crippen molar-refractivity contribution in [1.29, 1.82) is 0 Å². The first-order valence-corrected chi connectivity index (χ1v) is 7.35. The Morgan fingerprint density at radius 2 is 1.65 bits per heavy atom. The van der Waals surface area contributed by atoms with Crippen LogP contribution in [0.2, 0.25) is 0 Å². The number of benzene rings is 1. The smallest absolute Gasteiger partial charge is 0.339 e. The average Bonchev–Trinajstić information content (AvgIpc) is 2.61. The van der Waals surface area contributed by atoms with E-state index in [9.17, 15) is 9.59 Å². The molecule has 1 saturated heterocycles. The molecule has 0 aliphatic carbocycles. The Kier molecular flexibility index (Phi) is 5.81. The number of morpholine rings is 1. The molecule has 126 valence electrons. The molecule has 0 bridgehead atoms. The van der Waals surface area contributed by atoms with Crippen molar-refractivity contribution in [3.63, 3.8) is 0 Å². The highest BCUT2D eigenvalue weighted by Gasteiger charge is 2.26. The zero-order valence-electron chi connectivity index (χ0n) is 13.5. The summed E-state index contributed by atoms with van der Waals surface area (Å²) in [4.78, 5) is 26.1. The summed E-state index contributed by atoms with van der Waals surface area (Å²) in [5.41, 5.74) is 0.267. The maximum absolute atomic E-state index is 12.3. The Morgan fingerprint density at radius 3 is 2.17 bits per heavy atom. The third-order valence-electron chi connectivity index (χ3n) is 3.54. The average molecular weight is 323 g/mol. The van der Waals surface area contributed by atoms with E-state index >= 15 is 0 Å². The molecule has 0 spiro atoms. The molecule has 1 amide bonds. The number of hydrogen-bond acceptors (Lipinski definition) is 6. The van der Waals surface area contributed by atoms with Crippen LogP contribution in [0, 0.1) is 0 Å². The number of carbonyl (C=O) groups is 2. The topological polar surface area (TPSA) is 74.3 Å². The van der Waals surface area contributed by atoms with Crippen LogP contribution < -0.4 is 9.47 Å². The first kappa shape index (κ1) is 17.1. The summed E-state index contributed by atoms with van der Waals surface area (Å²) in [6, 6.07) is 4.73. The third-order valence-corrected chi connectivity index (χ3v) is 3.54. The van der Waals surface area contributed by atoms with Gasteiger partial charge in [-0.05, 0) is 19.1 Å². The highest BCUT2D eigenvalue weighted by atomic mass is 16.5. The number of carbonyl (C=O) groups excluding carboxylic acids is 2. The van der Waals surface area contributed by atoms with Crippen molar-refractivity contribution in [2.24, 2.45) is 0 Å². The van der Waals surface area contributed by atoms with Crippen molar-refractivity contribution < 1.29 is 28.5 Å². The molecular formula is C16H21NO6. The molecule has 7 heteroatoms. The van der Waals surface area contributed by atoms with E-state index < -0.39 is 12.1 Å². The fourth-order valence-electron chi connectivity index (χ4n) is 2.25. The van der Waals surface area contributed by atoms with Gasteiger partial charge >= 0.3 is 5.97 Å². The number of methoxy groups -OCH3 is 2. The standard InChI is InChI=1S/C16H21NO6/c1-11(15(18)17-4-6-22-7-5-17)23-16(19)12-8-13(20-2)10-14(9-12)21-3/h8-11H,4-7H2,1-3H3. The minimum atomic E-state index is -0.863. The molecule has 1 fully saturated rings. The summed E-state index contributed by atoms with van der Waals surface area (Å²) in [7, 11) is 2.99. The number of ether oxygens (including phenoxy) is 4. The van der Waals surface area contributed by atoms with E-state index in [0.717, 1.165) is 0 Å². The van der Waals surface area contributed by atoms with Crippen LogP contribution in [0.15, 0.2) is 18.2 Å². The van der Waals surface area contributed by atoms with E-state index in [0.29, 0.717) is 37.8 Å². The number of esters is 1. The van der Waals surface area contributed by atoms with E-state index in [1.165, 1.54) is 26.4 Å². The van der Waals surface area contributed by atoms with Gasteiger partial charge in [0.15, 0.2) is 6.10 Å². The van der Waals surface area contributed by atoms with Gasteiger partial charge in [-0.15, -0.1) is 0 Å². The van der Waals surface area contributed by atoms with Crippen molar-refractivity contribution >= 4 is 11.9 Å². The maximum Gasteiger partial charge on any atom is 0.339 e. The molecule has 1 heterocycles. The summed E-state index contributed by atoms with van der Waals surface area (Å²) in [6.07, 6.45) is -0.863. The second kappa shape index (κ2) is 7.82. The fourth-order valence-corrected chi connectivity index (χ4v) is 2.25. The summed E-state index contributed by atoms with van der Waals surface area (Å²) >= 11 is 0. The first-order chi connectivity index (χ1) is 11.0. The molecule has 1 unspecified atom stereocenters. The van der Waals surface area contributed by atoms with Crippen LogP contribution in [0.5, 0.6) is 11.5 Å². The Bertz CT molecular complexity index is 545. The summed E-state index contributed by atoms with van der Waals surface area (Å²) in [6.45, 7) is 3.58. The van der Waals surface area contributed by atoms with Gasteiger partial charge in [0.25, 0.3) is 5.91 Å². The van der Waals surface area contributed by atoms with Gasteiger partial charge in [0.05, 0.1) is 33.0 Å². The molecule has 1 aromatic rings. The Hall–Kier alpha value is -2.28. The highest BCUT2D eigenvalue weighted by Crippen LogP contribution is 2.23. The van der Waals surface area contributed by atoms with Crippen molar-refractivity contribution in [3.8, 4) is 11.5 Å². The Balaban J connectivity index is 2.04. The number of rotatable bonds is 5. The predicted molar refractivity (Wildman–Crippen MR) is 81.8 cm³/mol. The molecule has 1 aliphatic heterocycles. The SMILES string of the molecule is COc1cc(OC)cc(C(=O)OC(C)C(=O)N2CCOCC2)c1. The predicted octanol–water partition coefficient (Wildman–Crippen LogP) is 1.11. The van der Waals surface area contributed by atoms with Gasteiger partial charge in [-0.3, -0.25) is 4.79 Å². The van der Waals surface area contributed by atoms with Crippen LogP contribution >= 0.6 is 0 Å². The lowest BCUT2D eigenvalue weighted by molar-refractivity contribution is -0.143. The summed E-state index contributed by atoms with van der Waals surface area (Å²) in [5, 5.41) is 0. The lowest BCUT2D eigenvalue weighted by atomic mass is 10.2. The number of nitrogens with zero attached hydrogens (tertiary/aromatic N) is 1. The van der Waals surface area contributed by atoms with Gasteiger partial charge in [0.1, 0.15) is 11.5 Å². The summed E-state index contributed by atoms with van der Waals surface area (Å²) in [5.74, 6) is 0.125. The second-order valence-electron chi connectivity index (χ2n) is 5.09. The molecule has 2 rings (SSSR count). The lowest BCUT2D eigenvalue weighted by Crippen LogP contribution is -2.46. The van der Waals surface area contributed by atoms with Crippen LogP contribution in [-0.4, -0.2) is 63.4 Å². The second-order valence-corrected chi connectivity index (χ2v) is 5.09. The van der Waals surface area contributed by atoms with Crippen LogP contribution in [0.3, 0.4) is 0 Å². The van der Waals surface area contributed by atoms with Crippen molar-refractivity contribution in [1.82, 2.24) is 4.90 Å². The quantitative estimate of drug-likeness (QED) is 0.756. The van der Waals surface area contributed by atoms with Gasteiger partial charge in [-0.2, -0.15) is 0 Å². The molecule has 0 radical (unpaired) electrons. The van der Waals surface area contributed by atoms with Gasteiger partial charge < -0.3 is 23.8 Å². The molecule has 1 aliphatic rings. The monoisotopic (exact) mass is 323 g/mol. The third kappa shape index (κ3) is 4.35. The van der Waals surface area contributed by atoms with Crippen molar-refractivity contribution in [3.05, 3.63) is 23.8 Å². The van der Waals surface area contributed by atoms with Gasteiger partial charge in [0, 0.05) is 19.2 Å². The first-order valence-electron chi connectivity index (χ1n) is 7.35. The highest BCUT2D eigenvalue weighted by molar-refractivity contribution is 5.93. The Labute approximate surface area is 135 Å². The van der Waals surface area contributed by atoms with E-state index in [4.69, 9.17) is 18.9 Å². The van der Waals surface area contributed by atoms with Gasteiger partial charge in [-0.1, -0.05) is 0 Å². The molecule has 0 N–H and O–H groups in total. The molecule has 1 aromatic carbocycles. The molecule has 0 saturated carbocycles. The fraction of sp³-hybridized carbons (Fsp3) is 0.500. The van der Waals surface area contributed by atoms with E-state index in [1.54, 1.807) is 17.9 Å². The molecule has 23 heavy (non-hydrogen) atoms. The normalized spacial score (nSPS) is 15.7. The van der Waals surface area contributed by atoms with Crippen molar-refractivity contribution in [2.45, 2.75) is 13.0 Å². The number of amides is 1. The summed E-state index contributed by atoms with van der Waals surface area (Å²) < 4.78 is 20.7. The van der Waals surface area contributed by atoms with E-state index in [1.807, 2.05) is 0 Å². The van der Waals surface area contributed by atoms with E-state index in [2.05, 4.69) is 0 Å². The largest absolute Gasteiger partial charge is 0.497 e. The van der Waals surface area contributed by atoms with Crippen molar-refractivity contribution in [2.75, 3.05) is 40.5 Å². The lowest BCUT2D eigenvalue weighted by Gasteiger charge is -2.29. The zero-order valence-corrected chi connectivity index (χ0v) is 13.5. The van der Waals surface area contributed by atoms with E-state index in [-0.39, 0.29) is 11.5 Å². The van der Waals surface area contributed by atoms with Gasteiger partial charge in [-0.25, -0.2) is 4.79 Å². The van der Waals surface area contributed by atoms with Crippen LogP contribution in [0.25, 0.3) is 0 Å². The van der Waals surface area contributed by atoms with Gasteiger partial charge in [0.2, 0.25) is 0 Å². The zero-order chi connectivity index (χ0) is 16.8. The van der Waals surface area contributed by atoms with Crippen LogP contribution in [0.1, 0.15) is 17.3 Å². The Morgan fingerprint density at radius 1 is 1.09 bits per heavy atom. The minimum absolute atomic E-state index is 0.225. The number of hydrogen-bond donors (Lipinski definition) is 0. The van der Waals surface area contributed by atoms with Crippen LogP contribution in [0.4, 0.5) is 0 Å². The molecule has 1 atom stereocenters. The van der Waals surface area contributed by atoms with Crippen LogP contribution in [-0.2, 0) is 14.3 Å². The molecule has 0 aromatic heterocycles. The maximum atomic E-state index is 12.3.